The van der Waals surface area contributed by atoms with Gasteiger partial charge < -0.3 is 14.3 Å². The van der Waals surface area contributed by atoms with E-state index in [2.05, 4.69) is 15.2 Å². The van der Waals surface area contributed by atoms with E-state index in [0.717, 1.165) is 43.2 Å². The number of nitrogens with one attached hydrogen (secondary N) is 1. The third-order valence-electron chi connectivity index (χ3n) is 6.53. The molecule has 1 fully saturated rings. The molecule has 5 rings (SSSR count). The van der Waals surface area contributed by atoms with Gasteiger partial charge >= 0.3 is 0 Å². The van der Waals surface area contributed by atoms with E-state index < -0.39 is 6.04 Å². The molecule has 3 atom stereocenters. The SMILES string of the molecule is CCn1cncc1CNC(=O)[C@H]1[C@H]2C[C@H](CN(Cc3ccco3)C2)c2cccc(=O)n21. The molecule has 1 N–H and O–H groups in total. The molecule has 3 aromatic rings. The first-order chi connectivity index (χ1) is 15.1. The summed E-state index contributed by atoms with van der Waals surface area (Å²) in [6, 6.07) is 8.70. The molecule has 0 saturated carbocycles. The number of amides is 1. The second kappa shape index (κ2) is 8.19. The monoisotopic (exact) mass is 421 g/mol. The average Bonchev–Trinajstić information content (AvgIpc) is 3.44. The highest BCUT2D eigenvalue weighted by Gasteiger charge is 2.43. The second-order valence-corrected chi connectivity index (χ2v) is 8.46. The molecular weight excluding hydrogens is 394 g/mol. The van der Waals surface area contributed by atoms with E-state index >= 15 is 0 Å². The number of likely N-dealkylation sites (tertiary alicyclic amines) is 1. The Morgan fingerprint density at radius 3 is 2.97 bits per heavy atom. The predicted molar refractivity (Wildman–Crippen MR) is 114 cm³/mol. The summed E-state index contributed by atoms with van der Waals surface area (Å²) in [4.78, 5) is 32.7. The summed E-state index contributed by atoms with van der Waals surface area (Å²) in [5, 5.41) is 3.06. The van der Waals surface area contributed by atoms with Crippen molar-refractivity contribution in [3.63, 3.8) is 0 Å². The highest BCUT2D eigenvalue weighted by Crippen LogP contribution is 2.41. The van der Waals surface area contributed by atoms with Crippen LogP contribution in [0.4, 0.5) is 0 Å². The highest BCUT2D eigenvalue weighted by molar-refractivity contribution is 5.81. The van der Waals surface area contributed by atoms with Crippen molar-refractivity contribution in [1.82, 2.24) is 24.3 Å². The number of rotatable bonds is 6. The van der Waals surface area contributed by atoms with Crippen LogP contribution in [-0.4, -0.2) is 38.0 Å². The van der Waals surface area contributed by atoms with Gasteiger partial charge in [-0.3, -0.25) is 19.1 Å². The number of aryl methyl sites for hydroxylation is 1. The molecule has 0 aromatic carbocycles. The first kappa shape index (κ1) is 19.8. The number of piperidine rings is 1. The summed E-state index contributed by atoms with van der Waals surface area (Å²) in [6.07, 6.45) is 6.13. The Morgan fingerprint density at radius 1 is 1.26 bits per heavy atom. The summed E-state index contributed by atoms with van der Waals surface area (Å²) in [6.45, 7) is 5.55. The highest BCUT2D eigenvalue weighted by atomic mass is 16.3. The number of aromatic nitrogens is 3. The fourth-order valence-corrected chi connectivity index (χ4v) is 5.18. The third kappa shape index (κ3) is 3.72. The van der Waals surface area contributed by atoms with Gasteiger partial charge in [-0.1, -0.05) is 6.07 Å². The van der Waals surface area contributed by atoms with E-state index in [4.69, 9.17) is 4.42 Å². The van der Waals surface area contributed by atoms with E-state index in [1.807, 2.05) is 29.7 Å². The summed E-state index contributed by atoms with van der Waals surface area (Å²) in [5.41, 5.74) is 1.80. The number of carbonyl (C=O) groups is 1. The van der Waals surface area contributed by atoms with Crippen molar-refractivity contribution >= 4 is 5.91 Å². The van der Waals surface area contributed by atoms with Gasteiger partial charge in [0, 0.05) is 49.4 Å². The molecule has 31 heavy (non-hydrogen) atoms. The summed E-state index contributed by atoms with van der Waals surface area (Å²) < 4.78 is 9.27. The molecule has 1 saturated heterocycles. The Bertz CT molecular complexity index is 1120. The molecule has 2 aliphatic rings. The van der Waals surface area contributed by atoms with E-state index in [1.54, 1.807) is 35.5 Å². The molecule has 0 radical (unpaired) electrons. The molecule has 0 spiro atoms. The second-order valence-electron chi connectivity index (χ2n) is 8.46. The van der Waals surface area contributed by atoms with Crippen LogP contribution < -0.4 is 10.9 Å². The zero-order chi connectivity index (χ0) is 21.4. The fourth-order valence-electron chi connectivity index (χ4n) is 5.18. The number of nitrogens with zero attached hydrogens (tertiary/aromatic N) is 4. The van der Waals surface area contributed by atoms with Crippen LogP contribution >= 0.6 is 0 Å². The number of hydrogen-bond donors (Lipinski definition) is 1. The van der Waals surface area contributed by atoms with Crippen LogP contribution in [0.1, 0.15) is 42.5 Å². The van der Waals surface area contributed by atoms with Gasteiger partial charge in [-0.25, -0.2) is 4.98 Å². The molecule has 8 nitrogen and oxygen atoms in total. The van der Waals surface area contributed by atoms with Gasteiger partial charge in [-0.05, 0) is 31.5 Å². The van der Waals surface area contributed by atoms with Crippen LogP contribution in [0, 0.1) is 5.92 Å². The Kier molecular flexibility index (Phi) is 5.23. The molecule has 3 aromatic heterocycles. The number of carbonyl (C=O) groups excluding carboxylic acids is 1. The van der Waals surface area contributed by atoms with E-state index in [0.29, 0.717) is 13.1 Å². The van der Waals surface area contributed by atoms with Gasteiger partial charge in [0.1, 0.15) is 11.8 Å². The first-order valence-electron chi connectivity index (χ1n) is 10.9. The van der Waals surface area contributed by atoms with Crippen molar-refractivity contribution in [2.24, 2.45) is 5.92 Å². The average molecular weight is 422 g/mol. The summed E-state index contributed by atoms with van der Waals surface area (Å²) in [7, 11) is 0. The van der Waals surface area contributed by atoms with Crippen molar-refractivity contribution in [2.75, 3.05) is 13.1 Å². The zero-order valence-electron chi connectivity index (χ0n) is 17.6. The molecular formula is C23H27N5O3. The quantitative estimate of drug-likeness (QED) is 0.659. The van der Waals surface area contributed by atoms with Crippen LogP contribution in [0.15, 0.2) is 58.3 Å². The van der Waals surface area contributed by atoms with Gasteiger partial charge in [0.25, 0.3) is 5.56 Å². The molecule has 0 aliphatic carbocycles. The molecule has 8 heteroatoms. The smallest absolute Gasteiger partial charge is 0.251 e. The zero-order valence-corrected chi connectivity index (χ0v) is 17.6. The standard InChI is InChI=1S/C23H27N5O3/c1-2-27-15-24-10-18(27)11-25-23(30)22-17-9-16(20-6-3-7-21(29)28(20)22)12-26(13-17)14-19-5-4-8-31-19/h3-8,10,15-17,22H,2,9,11-14H2,1H3,(H,25,30)/t16-,17+,22-/m1/s1. The van der Waals surface area contributed by atoms with Crippen LogP contribution in [0.2, 0.25) is 0 Å². The van der Waals surface area contributed by atoms with Gasteiger partial charge in [0.15, 0.2) is 0 Å². The maximum absolute atomic E-state index is 13.4. The lowest BCUT2D eigenvalue weighted by Gasteiger charge is -2.46. The van der Waals surface area contributed by atoms with Crippen molar-refractivity contribution in [3.8, 4) is 0 Å². The number of imidazole rings is 1. The van der Waals surface area contributed by atoms with E-state index in [9.17, 15) is 9.59 Å². The molecule has 5 heterocycles. The number of pyridine rings is 1. The van der Waals surface area contributed by atoms with Crippen LogP contribution in [0.5, 0.6) is 0 Å². The van der Waals surface area contributed by atoms with Crippen LogP contribution in [0.25, 0.3) is 0 Å². The Labute approximate surface area is 180 Å². The van der Waals surface area contributed by atoms with Crippen molar-refractivity contribution < 1.29 is 9.21 Å². The van der Waals surface area contributed by atoms with Gasteiger partial charge in [-0.15, -0.1) is 0 Å². The largest absolute Gasteiger partial charge is 0.468 e. The molecule has 2 aliphatic heterocycles. The lowest BCUT2D eigenvalue weighted by molar-refractivity contribution is -0.128. The molecule has 162 valence electrons. The maximum atomic E-state index is 13.4. The topological polar surface area (TPSA) is 85.3 Å². The number of fused-ring (bicyclic) bond motifs is 4. The number of furan rings is 1. The summed E-state index contributed by atoms with van der Waals surface area (Å²) in [5.74, 6) is 1.10. The van der Waals surface area contributed by atoms with Crippen molar-refractivity contribution in [3.05, 3.63) is 76.6 Å². The number of hydrogen-bond acceptors (Lipinski definition) is 5. The van der Waals surface area contributed by atoms with Crippen molar-refractivity contribution in [2.45, 2.75) is 44.9 Å². The Morgan fingerprint density at radius 2 is 2.16 bits per heavy atom. The fraction of sp³-hybridized carbons (Fsp3) is 0.435. The van der Waals surface area contributed by atoms with Crippen LogP contribution in [-0.2, 0) is 24.4 Å². The van der Waals surface area contributed by atoms with E-state index in [1.165, 1.54) is 0 Å². The van der Waals surface area contributed by atoms with E-state index in [-0.39, 0.29) is 23.3 Å². The Hall–Kier alpha value is -3.13. The third-order valence-corrected chi connectivity index (χ3v) is 6.53. The Balaban J connectivity index is 1.42. The van der Waals surface area contributed by atoms with Gasteiger partial charge in [-0.2, -0.15) is 0 Å². The predicted octanol–water partition coefficient (Wildman–Crippen LogP) is 2.13. The van der Waals surface area contributed by atoms with Crippen molar-refractivity contribution in [1.29, 1.82) is 0 Å². The first-order valence-corrected chi connectivity index (χ1v) is 10.9. The lowest BCUT2D eigenvalue weighted by atomic mass is 9.78. The minimum atomic E-state index is -0.516. The molecule has 1 amide bonds. The minimum absolute atomic E-state index is 0.0670. The lowest BCUT2D eigenvalue weighted by Crippen LogP contribution is -2.53. The van der Waals surface area contributed by atoms with Gasteiger partial charge in [0.2, 0.25) is 5.91 Å². The molecule has 2 bridgehead atoms. The minimum Gasteiger partial charge on any atom is -0.468 e. The molecule has 0 unspecified atom stereocenters. The van der Waals surface area contributed by atoms with Crippen LogP contribution in [0.3, 0.4) is 0 Å². The summed E-state index contributed by atoms with van der Waals surface area (Å²) >= 11 is 0. The maximum Gasteiger partial charge on any atom is 0.251 e. The van der Waals surface area contributed by atoms with Gasteiger partial charge in [0.05, 0.1) is 31.4 Å². The normalized spacial score (nSPS) is 22.8.